The zero-order valence-electron chi connectivity index (χ0n) is 6.55. The summed E-state index contributed by atoms with van der Waals surface area (Å²) in [6.07, 6.45) is 0. The fourth-order valence-corrected chi connectivity index (χ4v) is 1.44. The zero-order valence-corrected chi connectivity index (χ0v) is 6.55. The molecule has 0 aromatic carbocycles. The molecule has 12 heavy (non-hydrogen) atoms. The Bertz CT molecular complexity index is 357. The van der Waals surface area contributed by atoms with E-state index in [1.54, 1.807) is 0 Å². The van der Waals surface area contributed by atoms with Crippen LogP contribution in [0.3, 0.4) is 0 Å². The lowest BCUT2D eigenvalue weighted by Crippen LogP contribution is -2.18. The maximum absolute atomic E-state index is 11.0. The van der Waals surface area contributed by atoms with E-state index in [1.165, 1.54) is 0 Å². The summed E-state index contributed by atoms with van der Waals surface area (Å²) in [4.78, 5) is 17.4. The predicted octanol–water partition coefficient (Wildman–Crippen LogP) is -1.17. The first-order valence-electron chi connectivity index (χ1n) is 3.83. The maximum Gasteiger partial charge on any atom is 0.345 e. The third-order valence-electron chi connectivity index (χ3n) is 2.00. The second kappa shape index (κ2) is 2.69. The van der Waals surface area contributed by atoms with E-state index in [1.807, 2.05) is 0 Å². The lowest BCUT2D eigenvalue weighted by molar-refractivity contribution is 0.754. The zero-order chi connectivity index (χ0) is 8.55. The minimum absolute atomic E-state index is 0.307. The van der Waals surface area contributed by atoms with E-state index < -0.39 is 0 Å². The van der Waals surface area contributed by atoms with Crippen molar-refractivity contribution in [2.24, 2.45) is 5.73 Å². The van der Waals surface area contributed by atoms with E-state index in [0.29, 0.717) is 18.8 Å². The second-order valence-corrected chi connectivity index (χ2v) is 2.75. The average Bonchev–Trinajstić information content (AvgIpc) is 2.50. The number of aromatic amines is 1. The first-order chi connectivity index (χ1) is 5.81. The van der Waals surface area contributed by atoms with Gasteiger partial charge in [0.15, 0.2) is 0 Å². The summed E-state index contributed by atoms with van der Waals surface area (Å²) in [5, 5.41) is 3.12. The fourth-order valence-electron chi connectivity index (χ4n) is 1.44. The van der Waals surface area contributed by atoms with Gasteiger partial charge in [0.25, 0.3) is 0 Å². The first-order valence-corrected chi connectivity index (χ1v) is 3.83. The molecule has 1 aromatic heterocycles. The summed E-state index contributed by atoms with van der Waals surface area (Å²) in [7, 11) is 0. The normalized spacial score (nSPS) is 14.8. The summed E-state index contributed by atoms with van der Waals surface area (Å²) >= 11 is 0. The lowest BCUT2D eigenvalue weighted by atomic mass is 10.2. The highest BCUT2D eigenvalue weighted by molar-refractivity contribution is 5.27. The van der Waals surface area contributed by atoms with Crippen molar-refractivity contribution in [3.05, 3.63) is 27.4 Å². The van der Waals surface area contributed by atoms with Gasteiger partial charge in [0.05, 0.1) is 5.69 Å². The quantitative estimate of drug-likeness (QED) is 0.491. The molecule has 1 aliphatic heterocycles. The van der Waals surface area contributed by atoms with Crippen molar-refractivity contribution < 1.29 is 0 Å². The number of H-pyrrole nitrogens is 1. The van der Waals surface area contributed by atoms with Gasteiger partial charge in [0.1, 0.15) is 0 Å². The first kappa shape index (κ1) is 7.45. The maximum atomic E-state index is 11.0. The van der Waals surface area contributed by atoms with Crippen LogP contribution in [-0.2, 0) is 19.6 Å². The molecule has 0 saturated heterocycles. The van der Waals surface area contributed by atoms with E-state index in [-0.39, 0.29) is 5.69 Å². The highest BCUT2D eigenvalue weighted by atomic mass is 16.1. The number of nitrogens with two attached hydrogens (primary N) is 1. The molecule has 5 heteroatoms. The smallest absolute Gasteiger partial charge is 0.325 e. The monoisotopic (exact) mass is 166 g/mol. The van der Waals surface area contributed by atoms with Crippen LogP contribution in [0.2, 0.25) is 0 Å². The van der Waals surface area contributed by atoms with Gasteiger partial charge >= 0.3 is 5.69 Å². The van der Waals surface area contributed by atoms with Gasteiger partial charge in [-0.1, -0.05) is 0 Å². The number of hydrogen-bond acceptors (Lipinski definition) is 4. The molecule has 4 N–H and O–H groups in total. The molecule has 0 fully saturated rings. The molecule has 0 bridgehead atoms. The Labute approximate surface area is 69.0 Å². The third-order valence-corrected chi connectivity index (χ3v) is 2.00. The molecule has 2 rings (SSSR count). The highest BCUT2D eigenvalue weighted by Gasteiger charge is 2.15. The molecule has 0 spiro atoms. The third kappa shape index (κ3) is 1.03. The van der Waals surface area contributed by atoms with Gasteiger partial charge in [0, 0.05) is 30.9 Å². The van der Waals surface area contributed by atoms with Crippen molar-refractivity contribution in [3.63, 3.8) is 0 Å². The van der Waals surface area contributed by atoms with Crippen LogP contribution in [0, 0.1) is 0 Å². The minimum Gasteiger partial charge on any atom is -0.325 e. The van der Waals surface area contributed by atoms with Gasteiger partial charge < -0.3 is 16.0 Å². The second-order valence-electron chi connectivity index (χ2n) is 2.75. The van der Waals surface area contributed by atoms with Gasteiger partial charge in [-0.2, -0.15) is 4.98 Å². The van der Waals surface area contributed by atoms with Crippen molar-refractivity contribution in [3.8, 4) is 0 Å². The van der Waals surface area contributed by atoms with Crippen LogP contribution in [-0.4, -0.2) is 9.97 Å². The van der Waals surface area contributed by atoms with Gasteiger partial charge in [-0.25, -0.2) is 4.79 Å². The average molecular weight is 166 g/mol. The Balaban J connectivity index is 2.62. The van der Waals surface area contributed by atoms with Crippen LogP contribution in [0.1, 0.15) is 17.0 Å². The minimum atomic E-state index is -0.307. The summed E-state index contributed by atoms with van der Waals surface area (Å²) in [5.74, 6) is 0. The summed E-state index contributed by atoms with van der Waals surface area (Å²) in [6.45, 7) is 1.79. The molecule has 0 aliphatic carbocycles. The molecular weight excluding hydrogens is 156 g/mol. The van der Waals surface area contributed by atoms with Crippen molar-refractivity contribution in [2.45, 2.75) is 19.6 Å². The molecule has 1 aromatic rings. The molecule has 0 unspecified atom stereocenters. The van der Waals surface area contributed by atoms with E-state index in [4.69, 9.17) is 5.73 Å². The van der Waals surface area contributed by atoms with Crippen LogP contribution in [0.15, 0.2) is 4.79 Å². The van der Waals surface area contributed by atoms with Crippen molar-refractivity contribution in [2.75, 3.05) is 0 Å². The number of nitrogens with one attached hydrogen (secondary N) is 2. The van der Waals surface area contributed by atoms with E-state index >= 15 is 0 Å². The Morgan fingerprint density at radius 3 is 3.08 bits per heavy atom. The molecule has 0 amide bonds. The van der Waals surface area contributed by atoms with Crippen molar-refractivity contribution >= 4 is 0 Å². The molecule has 0 saturated carbocycles. The Morgan fingerprint density at radius 1 is 1.50 bits per heavy atom. The summed E-state index contributed by atoms with van der Waals surface area (Å²) < 4.78 is 0. The fraction of sp³-hybridized carbons (Fsp3) is 0.429. The number of hydrogen-bond donors (Lipinski definition) is 3. The van der Waals surface area contributed by atoms with E-state index in [2.05, 4.69) is 15.3 Å². The van der Waals surface area contributed by atoms with Crippen LogP contribution in [0.25, 0.3) is 0 Å². The Morgan fingerprint density at radius 2 is 2.33 bits per heavy atom. The topological polar surface area (TPSA) is 83.8 Å². The van der Waals surface area contributed by atoms with Gasteiger partial charge in [-0.05, 0) is 0 Å². The van der Waals surface area contributed by atoms with Gasteiger partial charge in [-0.15, -0.1) is 0 Å². The SMILES string of the molecule is NCc1nc(=O)[nH]c2c1CNC2. The van der Waals surface area contributed by atoms with E-state index in [0.717, 1.165) is 17.8 Å². The molecule has 2 heterocycles. The lowest BCUT2D eigenvalue weighted by Gasteiger charge is -2.01. The molecule has 1 aliphatic rings. The molecule has 5 nitrogen and oxygen atoms in total. The predicted molar refractivity (Wildman–Crippen MR) is 43.3 cm³/mol. The van der Waals surface area contributed by atoms with Crippen LogP contribution < -0.4 is 16.7 Å². The Hall–Kier alpha value is -1.20. The summed E-state index contributed by atoms with van der Waals surface area (Å²) in [6, 6.07) is 0. The highest BCUT2D eigenvalue weighted by Crippen LogP contribution is 2.12. The Kier molecular flexibility index (Phi) is 1.67. The molecule has 0 radical (unpaired) electrons. The van der Waals surface area contributed by atoms with E-state index in [9.17, 15) is 4.79 Å². The number of rotatable bonds is 1. The largest absolute Gasteiger partial charge is 0.345 e. The van der Waals surface area contributed by atoms with Crippen molar-refractivity contribution in [1.29, 1.82) is 0 Å². The van der Waals surface area contributed by atoms with Gasteiger partial charge in [-0.3, -0.25) is 0 Å². The number of nitrogens with zero attached hydrogens (tertiary/aromatic N) is 1. The number of fused-ring (bicyclic) bond motifs is 1. The molecule has 0 atom stereocenters. The van der Waals surface area contributed by atoms with Crippen molar-refractivity contribution in [1.82, 2.24) is 15.3 Å². The number of aromatic nitrogens is 2. The van der Waals surface area contributed by atoms with Crippen LogP contribution >= 0.6 is 0 Å². The molecular formula is C7H10N4O. The summed E-state index contributed by atoms with van der Waals surface area (Å²) in [5.41, 5.74) is 7.83. The van der Waals surface area contributed by atoms with Gasteiger partial charge in [0.2, 0.25) is 0 Å². The van der Waals surface area contributed by atoms with Crippen LogP contribution in [0.4, 0.5) is 0 Å². The molecule has 64 valence electrons. The van der Waals surface area contributed by atoms with Crippen LogP contribution in [0.5, 0.6) is 0 Å². The standard InChI is InChI=1S/C7H10N4O/c8-1-5-4-2-9-3-6(4)11-7(12)10-5/h9H,1-3,8H2,(H,10,11,12).